The van der Waals surface area contributed by atoms with Gasteiger partial charge in [0.1, 0.15) is 23.5 Å². The molecule has 0 radical (unpaired) electrons. The summed E-state index contributed by atoms with van der Waals surface area (Å²) in [5, 5.41) is 22.4. The molecule has 1 aromatic rings. The number of amides is 1. The Morgan fingerprint density at radius 3 is 2.93 bits per heavy atom. The summed E-state index contributed by atoms with van der Waals surface area (Å²) in [6, 6.07) is 4.57. The van der Waals surface area contributed by atoms with Crippen molar-refractivity contribution in [3.63, 3.8) is 0 Å². The number of hydrogen-bond acceptors (Lipinski definition) is 9. The van der Waals surface area contributed by atoms with Crippen molar-refractivity contribution in [2.75, 3.05) is 6.61 Å². The van der Waals surface area contributed by atoms with E-state index in [2.05, 4.69) is 5.32 Å². The second-order valence-corrected chi connectivity index (χ2v) is 9.21. The number of halogens is 3. The van der Waals surface area contributed by atoms with Gasteiger partial charge in [0.15, 0.2) is 6.23 Å². The predicted molar refractivity (Wildman–Crippen MR) is 99.7 cm³/mol. The number of fused-ring (bicyclic) bond motifs is 1. The molecule has 0 spiro atoms. The summed E-state index contributed by atoms with van der Waals surface area (Å²) >= 11 is 11.6. The Kier molecular flexibility index (Phi) is 5.75. The number of alkyl halides is 1. The number of aliphatic hydroxyl groups is 2. The molecule has 164 valence electrons. The molecular weight excluding hydrogens is 469 g/mol. The van der Waals surface area contributed by atoms with Crippen LogP contribution < -0.4 is 9.84 Å². The molecule has 3 aliphatic heterocycles. The lowest BCUT2D eigenvalue weighted by molar-refractivity contribution is -0.211. The molecule has 0 bridgehead atoms. The van der Waals surface area contributed by atoms with Gasteiger partial charge < -0.3 is 29.7 Å². The number of benzene rings is 1. The Morgan fingerprint density at radius 1 is 1.40 bits per heavy atom. The normalized spacial score (nSPS) is 36.0. The molecule has 3 heterocycles. The van der Waals surface area contributed by atoms with E-state index in [1.54, 1.807) is 6.07 Å². The Labute approximate surface area is 179 Å². The molecule has 0 aliphatic carbocycles. The summed E-state index contributed by atoms with van der Waals surface area (Å²) in [6.45, 7) is -1.02. The number of aliphatic hydroxyl groups excluding tert-OH is 2. The minimum absolute atomic E-state index is 0.123. The fourth-order valence-electron chi connectivity index (χ4n) is 3.13. The maximum absolute atomic E-state index is 15.1. The van der Waals surface area contributed by atoms with Crippen LogP contribution in [0.1, 0.15) is 12.0 Å². The highest BCUT2D eigenvalue weighted by Gasteiger charge is 2.52. The van der Waals surface area contributed by atoms with Crippen molar-refractivity contribution in [2.45, 2.75) is 37.6 Å². The van der Waals surface area contributed by atoms with Gasteiger partial charge in [0.25, 0.3) is 5.91 Å². The first kappa shape index (κ1) is 21.8. The number of hydrogen-bond donors (Lipinski definition) is 3. The molecule has 10 nitrogen and oxygen atoms in total. The lowest BCUT2D eigenvalue weighted by atomic mass is 10.1. The van der Waals surface area contributed by atoms with Crippen molar-refractivity contribution < 1.29 is 42.3 Å². The quantitative estimate of drug-likeness (QED) is 0.549. The highest BCUT2D eigenvalue weighted by molar-refractivity contribution is 7.49. The van der Waals surface area contributed by atoms with Crippen molar-refractivity contribution >= 4 is 36.9 Å². The zero-order valence-electron chi connectivity index (χ0n) is 15.0. The van der Waals surface area contributed by atoms with Crippen LogP contribution in [0.25, 0.3) is 0 Å². The van der Waals surface area contributed by atoms with E-state index in [0.717, 1.165) is 11.1 Å². The molecule has 0 saturated carbocycles. The topological polar surface area (TPSA) is 127 Å². The zero-order valence-corrected chi connectivity index (χ0v) is 17.4. The Morgan fingerprint density at radius 2 is 2.17 bits per heavy atom. The maximum Gasteiger partial charge on any atom is 0.530 e. The molecule has 4 rings (SSSR count). The van der Waals surface area contributed by atoms with Crippen molar-refractivity contribution in [1.82, 2.24) is 10.2 Å². The van der Waals surface area contributed by atoms with E-state index >= 15 is 4.39 Å². The first-order chi connectivity index (χ1) is 14.1. The number of phosphoric acid groups is 1. The predicted octanol–water partition coefficient (Wildman–Crippen LogP) is 1.93. The molecule has 2 unspecified atom stereocenters. The van der Waals surface area contributed by atoms with E-state index in [9.17, 15) is 19.6 Å². The van der Waals surface area contributed by atoms with Gasteiger partial charge in [-0.3, -0.25) is 13.8 Å². The third-order valence-electron chi connectivity index (χ3n) is 4.54. The Bertz CT molecular complexity index is 952. The number of ether oxygens (including phenoxy) is 1. The molecular formula is C16H16Cl2FN2O8P. The summed E-state index contributed by atoms with van der Waals surface area (Å²) < 4.78 is 48.4. The second-order valence-electron chi connectivity index (χ2n) is 6.77. The van der Waals surface area contributed by atoms with Crippen LogP contribution in [0.15, 0.2) is 29.4 Å². The SMILES string of the molecule is O=C1NC(O)N([C@@H]2O[C@](F)(COP3(=O)OCc4cc(Cl)ccc4O3)C[C@H]2O)C=C1Cl. The van der Waals surface area contributed by atoms with Crippen LogP contribution in [-0.4, -0.2) is 52.2 Å². The largest absolute Gasteiger partial charge is 0.530 e. The first-order valence-corrected chi connectivity index (χ1v) is 10.8. The standard InChI is InChI=1S/C16H16Cl2FN2O8P/c17-9-1-2-12-8(3-9)6-26-30(25,29-12)27-7-16(19)4-11(22)14(28-16)21-5-10(18)13(23)20-15(21)24/h1-3,5,11,14-15,22,24H,4,6-7H2,(H,20,23)/t11-,14-,15?,16+,30?/m1/s1. The van der Waals surface area contributed by atoms with Crippen molar-refractivity contribution in [2.24, 2.45) is 0 Å². The van der Waals surface area contributed by atoms with Gasteiger partial charge in [0, 0.05) is 23.2 Å². The van der Waals surface area contributed by atoms with Gasteiger partial charge in [-0.05, 0) is 18.2 Å². The number of phosphoric ester groups is 1. The molecule has 14 heteroatoms. The van der Waals surface area contributed by atoms with Gasteiger partial charge in [-0.15, -0.1) is 0 Å². The third kappa shape index (κ3) is 4.30. The monoisotopic (exact) mass is 484 g/mol. The van der Waals surface area contributed by atoms with Gasteiger partial charge in [0.2, 0.25) is 12.2 Å². The van der Waals surface area contributed by atoms with Crippen molar-refractivity contribution in [1.29, 1.82) is 0 Å². The number of nitrogens with one attached hydrogen (secondary N) is 1. The van der Waals surface area contributed by atoms with E-state index < -0.39 is 51.3 Å². The molecule has 30 heavy (non-hydrogen) atoms. The molecule has 3 N–H and O–H groups in total. The summed E-state index contributed by atoms with van der Waals surface area (Å²) in [6.07, 6.45) is -3.99. The van der Waals surface area contributed by atoms with E-state index in [0.29, 0.717) is 10.6 Å². The highest BCUT2D eigenvalue weighted by Crippen LogP contribution is 2.55. The number of carbonyl (C=O) groups is 1. The van der Waals surface area contributed by atoms with E-state index in [4.69, 9.17) is 41.5 Å². The average Bonchev–Trinajstić information content (AvgIpc) is 2.98. The fraction of sp³-hybridized carbons (Fsp3) is 0.438. The lowest BCUT2D eigenvalue weighted by Gasteiger charge is -2.36. The maximum atomic E-state index is 15.1. The van der Waals surface area contributed by atoms with E-state index in [-0.39, 0.29) is 17.4 Å². The first-order valence-electron chi connectivity index (χ1n) is 8.63. The average molecular weight is 485 g/mol. The van der Waals surface area contributed by atoms with Crippen LogP contribution in [0.3, 0.4) is 0 Å². The Balaban J connectivity index is 1.42. The number of rotatable bonds is 4. The lowest BCUT2D eigenvalue weighted by Crippen LogP contribution is -2.55. The van der Waals surface area contributed by atoms with Crippen LogP contribution >= 0.6 is 31.0 Å². The smallest absolute Gasteiger partial charge is 0.404 e. The number of carbonyl (C=O) groups excluding carboxylic acids is 1. The summed E-state index contributed by atoms with van der Waals surface area (Å²) in [4.78, 5) is 12.4. The minimum Gasteiger partial charge on any atom is -0.404 e. The van der Waals surface area contributed by atoms with Gasteiger partial charge in [0.05, 0.1) is 6.61 Å². The number of nitrogens with zero attached hydrogens (tertiary/aromatic N) is 1. The second kappa shape index (κ2) is 7.92. The van der Waals surface area contributed by atoms with Gasteiger partial charge in [-0.1, -0.05) is 23.2 Å². The van der Waals surface area contributed by atoms with Crippen LogP contribution in [0.5, 0.6) is 5.75 Å². The van der Waals surface area contributed by atoms with Gasteiger partial charge >= 0.3 is 7.82 Å². The molecule has 0 aromatic heterocycles. The van der Waals surface area contributed by atoms with Crippen molar-refractivity contribution in [3.8, 4) is 5.75 Å². The summed E-state index contributed by atoms with van der Waals surface area (Å²) in [5.74, 6) is -3.11. The van der Waals surface area contributed by atoms with Crippen LogP contribution in [-0.2, 0) is 29.8 Å². The third-order valence-corrected chi connectivity index (χ3v) is 6.36. The van der Waals surface area contributed by atoms with Crippen LogP contribution in [0.2, 0.25) is 5.02 Å². The molecule has 1 fully saturated rings. The molecule has 3 aliphatic rings. The summed E-state index contributed by atoms with van der Waals surface area (Å²) in [5.41, 5.74) is 0.546. The zero-order chi connectivity index (χ0) is 21.7. The van der Waals surface area contributed by atoms with Gasteiger partial charge in [-0.25, -0.2) is 8.96 Å². The molecule has 1 saturated heterocycles. The molecule has 1 aromatic carbocycles. The molecule has 5 atom stereocenters. The molecule has 1 amide bonds. The van der Waals surface area contributed by atoms with Crippen molar-refractivity contribution in [3.05, 3.63) is 40.0 Å². The van der Waals surface area contributed by atoms with E-state index in [1.165, 1.54) is 12.1 Å². The van der Waals surface area contributed by atoms with E-state index in [1.807, 2.05) is 0 Å². The van der Waals surface area contributed by atoms with Gasteiger partial charge in [-0.2, -0.15) is 0 Å². The minimum atomic E-state index is -4.16. The van der Waals surface area contributed by atoms with Crippen LogP contribution in [0.4, 0.5) is 4.39 Å². The fourth-order valence-corrected chi connectivity index (χ4v) is 4.74. The Hall–Kier alpha value is -1.43. The van der Waals surface area contributed by atoms with Crippen LogP contribution in [0, 0.1) is 0 Å². The highest BCUT2D eigenvalue weighted by atomic mass is 35.5. The summed E-state index contributed by atoms with van der Waals surface area (Å²) in [7, 11) is -4.16.